The molecule has 3 heteroatoms. The summed E-state index contributed by atoms with van der Waals surface area (Å²) in [5.74, 6) is -0.195. The van der Waals surface area contributed by atoms with Crippen LogP contribution in [0.4, 0.5) is 4.39 Å². The summed E-state index contributed by atoms with van der Waals surface area (Å²) < 4.78 is 12.5. The van der Waals surface area contributed by atoms with E-state index in [1.54, 1.807) is 12.1 Å². The third kappa shape index (κ3) is 3.51. The molecule has 0 aliphatic heterocycles. The molecule has 0 aromatic heterocycles. The molecule has 70 valence electrons. The summed E-state index contributed by atoms with van der Waals surface area (Å²) in [6.45, 7) is 2.03. The highest BCUT2D eigenvalue weighted by atomic mass is 32.1. The Morgan fingerprint density at radius 3 is 2.62 bits per heavy atom. The van der Waals surface area contributed by atoms with Gasteiger partial charge in [0.15, 0.2) is 0 Å². The zero-order chi connectivity index (χ0) is 9.68. The van der Waals surface area contributed by atoms with Gasteiger partial charge in [0, 0.05) is 6.04 Å². The molecule has 1 aromatic rings. The van der Waals surface area contributed by atoms with Gasteiger partial charge < -0.3 is 5.32 Å². The number of thiocarbonyl (C=S) groups is 1. The smallest absolute Gasteiger partial charge is 0.123 e. The van der Waals surface area contributed by atoms with Crippen LogP contribution in [0.2, 0.25) is 0 Å². The van der Waals surface area contributed by atoms with Gasteiger partial charge in [-0.15, -0.1) is 0 Å². The van der Waals surface area contributed by atoms with E-state index >= 15 is 0 Å². The predicted molar refractivity (Wildman–Crippen MR) is 56.4 cm³/mol. The summed E-state index contributed by atoms with van der Waals surface area (Å²) in [6.07, 6.45) is 0.855. The average molecular weight is 197 g/mol. The summed E-state index contributed by atoms with van der Waals surface area (Å²) in [7, 11) is 0. The largest absolute Gasteiger partial charge is 0.379 e. The van der Waals surface area contributed by atoms with Crippen LogP contribution < -0.4 is 5.32 Å². The molecule has 0 fully saturated rings. The second-order valence-electron chi connectivity index (χ2n) is 3.02. The number of nitrogens with one attached hydrogen (secondary N) is 1. The third-order valence-electron chi connectivity index (χ3n) is 1.81. The van der Waals surface area contributed by atoms with Crippen LogP contribution >= 0.6 is 12.2 Å². The Morgan fingerprint density at radius 2 is 2.08 bits per heavy atom. The lowest BCUT2D eigenvalue weighted by Crippen LogP contribution is -2.25. The summed E-state index contributed by atoms with van der Waals surface area (Å²) >= 11 is 4.67. The van der Waals surface area contributed by atoms with Crippen molar-refractivity contribution >= 4 is 17.7 Å². The fourth-order valence-electron chi connectivity index (χ4n) is 1.15. The van der Waals surface area contributed by atoms with Crippen LogP contribution in [0, 0.1) is 5.82 Å². The van der Waals surface area contributed by atoms with Crippen molar-refractivity contribution in [2.45, 2.75) is 19.4 Å². The van der Waals surface area contributed by atoms with Crippen molar-refractivity contribution in [2.75, 3.05) is 0 Å². The van der Waals surface area contributed by atoms with Gasteiger partial charge in [0.25, 0.3) is 0 Å². The molecule has 0 saturated carbocycles. The first-order valence-electron chi connectivity index (χ1n) is 4.16. The lowest BCUT2D eigenvalue weighted by atomic mass is 10.1. The topological polar surface area (TPSA) is 12.0 Å². The number of hydrogen-bond acceptors (Lipinski definition) is 1. The van der Waals surface area contributed by atoms with E-state index in [2.05, 4.69) is 17.5 Å². The lowest BCUT2D eigenvalue weighted by Gasteiger charge is -2.10. The van der Waals surface area contributed by atoms with Crippen LogP contribution in [0.25, 0.3) is 0 Å². The highest BCUT2D eigenvalue weighted by molar-refractivity contribution is 7.78. The average Bonchev–Trinajstić information content (AvgIpc) is 2.09. The summed E-state index contributed by atoms with van der Waals surface area (Å²) in [5.41, 5.74) is 2.62. The maximum atomic E-state index is 12.5. The first kappa shape index (κ1) is 10.1. The van der Waals surface area contributed by atoms with Gasteiger partial charge in [-0.3, -0.25) is 0 Å². The van der Waals surface area contributed by atoms with E-state index in [0.717, 1.165) is 12.0 Å². The van der Waals surface area contributed by atoms with Crippen molar-refractivity contribution in [3.05, 3.63) is 35.6 Å². The predicted octanol–water partition coefficient (Wildman–Crippen LogP) is 2.30. The SMILES string of the molecule is CC(Cc1ccc(F)cc1)NC=S. The van der Waals surface area contributed by atoms with E-state index < -0.39 is 0 Å². The van der Waals surface area contributed by atoms with E-state index in [9.17, 15) is 4.39 Å². The van der Waals surface area contributed by atoms with Crippen LogP contribution in [0.15, 0.2) is 24.3 Å². The molecular weight excluding hydrogens is 185 g/mol. The highest BCUT2D eigenvalue weighted by Crippen LogP contribution is 2.05. The first-order valence-corrected chi connectivity index (χ1v) is 4.63. The highest BCUT2D eigenvalue weighted by Gasteiger charge is 2.00. The Kier molecular flexibility index (Phi) is 3.83. The van der Waals surface area contributed by atoms with Crippen molar-refractivity contribution < 1.29 is 4.39 Å². The molecule has 0 saturated heterocycles. The fourth-order valence-corrected chi connectivity index (χ4v) is 1.38. The standard InChI is InChI=1S/C10H12FNS/c1-8(12-7-13)6-9-2-4-10(11)5-3-9/h2-5,7-8H,6H2,1H3,(H,12,13). The normalized spacial score (nSPS) is 12.2. The van der Waals surface area contributed by atoms with Crippen LogP contribution in [0.1, 0.15) is 12.5 Å². The van der Waals surface area contributed by atoms with Gasteiger partial charge in [-0.25, -0.2) is 4.39 Å². The number of halogens is 1. The molecule has 1 atom stereocenters. The molecule has 1 nitrogen and oxygen atoms in total. The number of rotatable bonds is 4. The molecular formula is C10H12FNS. The Morgan fingerprint density at radius 1 is 1.46 bits per heavy atom. The van der Waals surface area contributed by atoms with Crippen molar-refractivity contribution in [2.24, 2.45) is 0 Å². The first-order chi connectivity index (χ1) is 6.22. The molecule has 1 rings (SSSR count). The Hall–Kier alpha value is -0.960. The van der Waals surface area contributed by atoms with Gasteiger partial charge in [-0.05, 0) is 31.0 Å². The van der Waals surface area contributed by atoms with Crippen LogP contribution in [-0.4, -0.2) is 11.5 Å². The van der Waals surface area contributed by atoms with Gasteiger partial charge in [0.2, 0.25) is 0 Å². The zero-order valence-electron chi connectivity index (χ0n) is 7.46. The molecule has 0 bridgehead atoms. The molecule has 0 radical (unpaired) electrons. The summed E-state index contributed by atoms with van der Waals surface area (Å²) in [4.78, 5) is 0. The Balaban J connectivity index is 2.53. The Bertz CT molecular complexity index is 271. The molecule has 0 spiro atoms. The molecule has 0 aliphatic rings. The van der Waals surface area contributed by atoms with E-state index in [1.165, 1.54) is 17.6 Å². The van der Waals surface area contributed by atoms with Gasteiger partial charge in [0.1, 0.15) is 5.82 Å². The van der Waals surface area contributed by atoms with Crippen LogP contribution in [0.5, 0.6) is 0 Å². The minimum Gasteiger partial charge on any atom is -0.379 e. The van der Waals surface area contributed by atoms with Gasteiger partial charge in [-0.1, -0.05) is 24.4 Å². The van der Waals surface area contributed by atoms with E-state index in [0.29, 0.717) is 6.04 Å². The second-order valence-corrected chi connectivity index (χ2v) is 3.25. The molecule has 1 unspecified atom stereocenters. The molecule has 0 amide bonds. The fraction of sp³-hybridized carbons (Fsp3) is 0.300. The molecule has 0 aliphatic carbocycles. The van der Waals surface area contributed by atoms with E-state index in [-0.39, 0.29) is 5.82 Å². The van der Waals surface area contributed by atoms with E-state index in [1.807, 2.05) is 6.92 Å². The zero-order valence-corrected chi connectivity index (χ0v) is 8.27. The second kappa shape index (κ2) is 4.92. The molecule has 0 heterocycles. The van der Waals surface area contributed by atoms with Crippen LogP contribution in [0.3, 0.4) is 0 Å². The number of hydrogen-bond donors (Lipinski definition) is 1. The lowest BCUT2D eigenvalue weighted by molar-refractivity contribution is 0.624. The minimum absolute atomic E-state index is 0.195. The minimum atomic E-state index is -0.195. The van der Waals surface area contributed by atoms with Crippen molar-refractivity contribution in [1.29, 1.82) is 0 Å². The maximum Gasteiger partial charge on any atom is 0.123 e. The quantitative estimate of drug-likeness (QED) is 0.743. The van der Waals surface area contributed by atoms with Crippen LogP contribution in [-0.2, 0) is 6.42 Å². The monoisotopic (exact) mass is 197 g/mol. The Labute approximate surface area is 83.0 Å². The molecule has 13 heavy (non-hydrogen) atoms. The number of benzene rings is 1. The van der Waals surface area contributed by atoms with E-state index in [4.69, 9.17) is 0 Å². The maximum absolute atomic E-state index is 12.5. The van der Waals surface area contributed by atoms with Crippen molar-refractivity contribution in [3.8, 4) is 0 Å². The van der Waals surface area contributed by atoms with Crippen molar-refractivity contribution in [1.82, 2.24) is 5.32 Å². The molecule has 1 aromatic carbocycles. The summed E-state index contributed by atoms with van der Waals surface area (Å²) in [6, 6.07) is 6.81. The van der Waals surface area contributed by atoms with Gasteiger partial charge in [-0.2, -0.15) is 0 Å². The van der Waals surface area contributed by atoms with Gasteiger partial charge in [0.05, 0.1) is 5.49 Å². The van der Waals surface area contributed by atoms with Gasteiger partial charge >= 0.3 is 0 Å². The molecule has 1 N–H and O–H groups in total. The van der Waals surface area contributed by atoms with Crippen molar-refractivity contribution in [3.63, 3.8) is 0 Å². The summed E-state index contributed by atoms with van der Waals surface area (Å²) in [5, 5.41) is 3.00. The third-order valence-corrected chi connectivity index (χ3v) is 1.94.